The van der Waals surface area contributed by atoms with E-state index in [1.54, 1.807) is 43.5 Å². The summed E-state index contributed by atoms with van der Waals surface area (Å²) in [5.74, 6) is 0.592. The molecule has 0 bridgehead atoms. The standard InChI is InChI=1S/C16H11FN4O2/c1-23-10-7-5-9(6-8-10)14-19-15-11-3-2-4-12(17)13(11)18-16(22)21(15)20-14/h2-8H,1H3,(H,18,22). The van der Waals surface area contributed by atoms with Gasteiger partial charge in [0.2, 0.25) is 0 Å². The van der Waals surface area contributed by atoms with Crippen LogP contribution in [0.4, 0.5) is 4.39 Å². The molecule has 0 atom stereocenters. The maximum Gasteiger partial charge on any atom is 0.348 e. The number of methoxy groups -OCH3 is 1. The molecule has 0 fully saturated rings. The topological polar surface area (TPSA) is 72.3 Å². The molecule has 23 heavy (non-hydrogen) atoms. The summed E-state index contributed by atoms with van der Waals surface area (Å²) in [6.45, 7) is 0. The van der Waals surface area contributed by atoms with E-state index in [2.05, 4.69) is 15.1 Å². The van der Waals surface area contributed by atoms with Gasteiger partial charge >= 0.3 is 5.69 Å². The Morgan fingerprint density at radius 3 is 2.70 bits per heavy atom. The molecular formula is C16H11FN4O2. The van der Waals surface area contributed by atoms with Crippen molar-refractivity contribution in [2.75, 3.05) is 7.11 Å². The van der Waals surface area contributed by atoms with E-state index in [1.807, 2.05) is 0 Å². The number of benzene rings is 2. The van der Waals surface area contributed by atoms with Crippen LogP contribution >= 0.6 is 0 Å². The van der Waals surface area contributed by atoms with Gasteiger partial charge in [-0.1, -0.05) is 6.07 Å². The van der Waals surface area contributed by atoms with Gasteiger partial charge in [0, 0.05) is 10.9 Å². The van der Waals surface area contributed by atoms with E-state index < -0.39 is 11.5 Å². The average Bonchev–Trinajstić information content (AvgIpc) is 3.02. The number of aromatic amines is 1. The number of nitrogens with one attached hydrogen (secondary N) is 1. The van der Waals surface area contributed by atoms with Gasteiger partial charge in [0.25, 0.3) is 0 Å². The first kappa shape index (κ1) is 13.4. The van der Waals surface area contributed by atoms with Crippen LogP contribution in [0.25, 0.3) is 27.9 Å². The van der Waals surface area contributed by atoms with Gasteiger partial charge < -0.3 is 9.72 Å². The molecule has 2 aromatic heterocycles. The van der Waals surface area contributed by atoms with Gasteiger partial charge in [0.15, 0.2) is 11.5 Å². The summed E-state index contributed by atoms with van der Waals surface area (Å²) in [5, 5.41) is 4.71. The summed E-state index contributed by atoms with van der Waals surface area (Å²) in [5.41, 5.74) is 0.635. The van der Waals surface area contributed by atoms with Crippen LogP contribution in [0.5, 0.6) is 5.75 Å². The van der Waals surface area contributed by atoms with Gasteiger partial charge in [-0.15, -0.1) is 5.10 Å². The van der Waals surface area contributed by atoms with Crippen LogP contribution in [0.3, 0.4) is 0 Å². The first-order valence-electron chi connectivity index (χ1n) is 6.89. The van der Waals surface area contributed by atoms with Gasteiger partial charge in [0.1, 0.15) is 11.6 Å². The van der Waals surface area contributed by atoms with Crippen LogP contribution in [-0.2, 0) is 0 Å². The molecule has 2 heterocycles. The maximum absolute atomic E-state index is 13.9. The smallest absolute Gasteiger partial charge is 0.348 e. The quantitative estimate of drug-likeness (QED) is 0.617. The minimum absolute atomic E-state index is 0.124. The predicted octanol–water partition coefficient (Wildman–Crippen LogP) is 2.39. The summed E-state index contributed by atoms with van der Waals surface area (Å²) >= 11 is 0. The number of rotatable bonds is 2. The molecule has 0 saturated carbocycles. The molecule has 4 aromatic rings. The Balaban J connectivity index is 2.00. The Morgan fingerprint density at radius 1 is 1.17 bits per heavy atom. The highest BCUT2D eigenvalue weighted by Gasteiger charge is 2.14. The van der Waals surface area contributed by atoms with Crippen molar-refractivity contribution in [1.82, 2.24) is 19.6 Å². The number of aromatic nitrogens is 4. The Morgan fingerprint density at radius 2 is 1.96 bits per heavy atom. The molecule has 0 aliphatic rings. The van der Waals surface area contributed by atoms with E-state index >= 15 is 0 Å². The average molecular weight is 310 g/mol. The van der Waals surface area contributed by atoms with Crippen LogP contribution < -0.4 is 10.4 Å². The highest BCUT2D eigenvalue weighted by molar-refractivity contribution is 5.91. The predicted molar refractivity (Wildman–Crippen MR) is 83.1 cm³/mol. The van der Waals surface area contributed by atoms with Crippen molar-refractivity contribution in [2.24, 2.45) is 0 Å². The molecule has 1 N–H and O–H groups in total. The summed E-state index contributed by atoms with van der Waals surface area (Å²) in [4.78, 5) is 19.0. The third-order valence-corrected chi connectivity index (χ3v) is 3.63. The van der Waals surface area contributed by atoms with Crippen molar-refractivity contribution in [1.29, 1.82) is 0 Å². The first-order valence-corrected chi connectivity index (χ1v) is 6.89. The third-order valence-electron chi connectivity index (χ3n) is 3.63. The summed E-state index contributed by atoms with van der Waals surface area (Å²) in [6.07, 6.45) is 0. The van der Waals surface area contributed by atoms with E-state index in [-0.39, 0.29) is 5.52 Å². The van der Waals surface area contributed by atoms with Gasteiger partial charge in [-0.05, 0) is 36.4 Å². The minimum Gasteiger partial charge on any atom is -0.497 e. The Hall–Kier alpha value is -3.22. The van der Waals surface area contributed by atoms with E-state index in [4.69, 9.17) is 4.74 Å². The fraction of sp³-hybridized carbons (Fsp3) is 0.0625. The van der Waals surface area contributed by atoms with Gasteiger partial charge in [-0.3, -0.25) is 0 Å². The minimum atomic E-state index is -0.537. The molecule has 4 rings (SSSR count). The number of halogens is 1. The number of hydrogen-bond acceptors (Lipinski definition) is 4. The van der Waals surface area contributed by atoms with Crippen molar-refractivity contribution in [3.8, 4) is 17.1 Å². The normalized spacial score (nSPS) is 11.2. The zero-order valence-electron chi connectivity index (χ0n) is 12.1. The van der Waals surface area contributed by atoms with E-state index in [0.717, 1.165) is 10.1 Å². The number of para-hydroxylation sites is 1. The molecule has 0 saturated heterocycles. The van der Waals surface area contributed by atoms with Crippen molar-refractivity contribution in [2.45, 2.75) is 0 Å². The summed E-state index contributed by atoms with van der Waals surface area (Å²) < 4.78 is 20.1. The molecule has 2 aromatic carbocycles. The molecule has 0 spiro atoms. The maximum atomic E-state index is 13.9. The molecule has 6 nitrogen and oxygen atoms in total. The fourth-order valence-corrected chi connectivity index (χ4v) is 2.49. The van der Waals surface area contributed by atoms with Crippen LogP contribution in [0, 0.1) is 5.82 Å². The summed E-state index contributed by atoms with van der Waals surface area (Å²) in [6, 6.07) is 11.7. The van der Waals surface area contributed by atoms with Crippen LogP contribution in [0.1, 0.15) is 0 Å². The second-order valence-electron chi connectivity index (χ2n) is 4.99. The number of nitrogens with zero attached hydrogens (tertiary/aromatic N) is 3. The fourth-order valence-electron chi connectivity index (χ4n) is 2.49. The van der Waals surface area contributed by atoms with Crippen molar-refractivity contribution in [3.05, 3.63) is 58.8 Å². The Kier molecular flexibility index (Phi) is 2.87. The molecule has 0 amide bonds. The van der Waals surface area contributed by atoms with Crippen LogP contribution in [0.15, 0.2) is 47.3 Å². The second kappa shape index (κ2) is 4.91. The molecule has 0 aliphatic heterocycles. The highest BCUT2D eigenvalue weighted by atomic mass is 19.1. The van der Waals surface area contributed by atoms with Crippen molar-refractivity contribution < 1.29 is 9.13 Å². The van der Waals surface area contributed by atoms with E-state index in [0.29, 0.717) is 22.6 Å². The zero-order chi connectivity index (χ0) is 16.0. The lowest BCUT2D eigenvalue weighted by molar-refractivity contribution is 0.415. The lowest BCUT2D eigenvalue weighted by Crippen LogP contribution is -2.17. The molecule has 0 radical (unpaired) electrons. The van der Waals surface area contributed by atoms with Gasteiger partial charge in [0.05, 0.1) is 12.6 Å². The zero-order valence-corrected chi connectivity index (χ0v) is 12.1. The third kappa shape index (κ3) is 2.05. The van der Waals surface area contributed by atoms with Crippen molar-refractivity contribution in [3.63, 3.8) is 0 Å². The first-order chi connectivity index (χ1) is 11.2. The number of hydrogen-bond donors (Lipinski definition) is 1. The monoisotopic (exact) mass is 310 g/mol. The molecule has 0 unspecified atom stereocenters. The SMILES string of the molecule is COc1ccc(-c2nc3c4cccc(F)c4[nH]c(=O)n3n2)cc1. The van der Waals surface area contributed by atoms with E-state index in [9.17, 15) is 9.18 Å². The number of H-pyrrole nitrogens is 1. The number of fused-ring (bicyclic) bond motifs is 3. The highest BCUT2D eigenvalue weighted by Crippen LogP contribution is 2.22. The molecule has 114 valence electrons. The lowest BCUT2D eigenvalue weighted by atomic mass is 10.2. The molecule has 7 heteroatoms. The molecule has 0 aliphatic carbocycles. The van der Waals surface area contributed by atoms with Gasteiger partial charge in [-0.25, -0.2) is 14.2 Å². The largest absolute Gasteiger partial charge is 0.497 e. The second-order valence-corrected chi connectivity index (χ2v) is 4.99. The number of ether oxygens (including phenoxy) is 1. The Labute approximate surface area is 129 Å². The summed E-state index contributed by atoms with van der Waals surface area (Å²) in [7, 11) is 1.58. The van der Waals surface area contributed by atoms with E-state index in [1.165, 1.54) is 6.07 Å². The lowest BCUT2D eigenvalue weighted by Gasteiger charge is -1.99. The van der Waals surface area contributed by atoms with Crippen LogP contribution in [-0.4, -0.2) is 26.7 Å². The van der Waals surface area contributed by atoms with Crippen molar-refractivity contribution >= 4 is 16.6 Å². The Bertz CT molecular complexity index is 1080. The van der Waals surface area contributed by atoms with Gasteiger partial charge in [-0.2, -0.15) is 4.52 Å². The molecular weight excluding hydrogens is 299 g/mol. The van der Waals surface area contributed by atoms with Crippen LogP contribution in [0.2, 0.25) is 0 Å².